The van der Waals surface area contributed by atoms with Gasteiger partial charge in [-0.15, -0.1) is 0 Å². The second kappa shape index (κ2) is 5.35. The minimum atomic E-state index is -2.02. The van der Waals surface area contributed by atoms with E-state index in [1.165, 1.54) is 0 Å². The Balaban J connectivity index is 1.91. The van der Waals surface area contributed by atoms with Crippen molar-refractivity contribution in [3.8, 4) is 0 Å². The molecular formula is C14H26N2O6. The largest absolute Gasteiger partial charge is 0.390 e. The number of aliphatic hydroxyl groups excluding tert-OH is 1. The van der Waals surface area contributed by atoms with Gasteiger partial charge in [-0.05, 0) is 19.8 Å². The Morgan fingerprint density at radius 1 is 1.23 bits per heavy atom. The van der Waals surface area contributed by atoms with E-state index in [0.29, 0.717) is 6.42 Å². The van der Waals surface area contributed by atoms with E-state index in [4.69, 9.17) is 25.7 Å². The van der Waals surface area contributed by atoms with Crippen LogP contribution < -0.4 is 11.5 Å². The van der Waals surface area contributed by atoms with Crippen molar-refractivity contribution >= 4 is 0 Å². The molecule has 0 aromatic carbocycles. The van der Waals surface area contributed by atoms with Crippen molar-refractivity contribution < 1.29 is 29.5 Å². The molecule has 7 N–H and O–H groups in total. The van der Waals surface area contributed by atoms with E-state index in [0.717, 1.165) is 0 Å². The molecule has 2 heterocycles. The van der Waals surface area contributed by atoms with Crippen LogP contribution in [0.15, 0.2) is 0 Å². The molecule has 9 atom stereocenters. The first-order chi connectivity index (χ1) is 10.2. The van der Waals surface area contributed by atoms with Crippen LogP contribution in [-0.4, -0.2) is 69.5 Å². The molecule has 0 aromatic heterocycles. The fourth-order valence-electron chi connectivity index (χ4n) is 3.80. The van der Waals surface area contributed by atoms with Gasteiger partial charge in [0.25, 0.3) is 0 Å². The maximum absolute atomic E-state index is 10.9. The van der Waals surface area contributed by atoms with Crippen molar-refractivity contribution in [1.82, 2.24) is 0 Å². The van der Waals surface area contributed by atoms with Crippen LogP contribution in [0.5, 0.6) is 0 Å². The number of ether oxygens (including phenoxy) is 3. The molecule has 1 unspecified atom stereocenters. The molecule has 3 rings (SSSR count). The van der Waals surface area contributed by atoms with Crippen LogP contribution in [0.25, 0.3) is 0 Å². The summed E-state index contributed by atoms with van der Waals surface area (Å²) in [6.07, 6.45) is -2.78. The third-order valence-corrected chi connectivity index (χ3v) is 5.25. The molecule has 128 valence electrons. The zero-order chi connectivity index (χ0) is 16.3. The summed E-state index contributed by atoms with van der Waals surface area (Å²) in [5.74, 6) is -2.02. The zero-order valence-corrected chi connectivity index (χ0v) is 12.9. The molecule has 22 heavy (non-hydrogen) atoms. The lowest BCUT2D eigenvalue weighted by molar-refractivity contribution is -0.477. The van der Waals surface area contributed by atoms with E-state index in [2.05, 4.69) is 0 Å². The summed E-state index contributed by atoms with van der Waals surface area (Å²) in [4.78, 5) is 0. The Labute approximate surface area is 129 Å². The van der Waals surface area contributed by atoms with Gasteiger partial charge in [0.05, 0.1) is 24.4 Å². The highest BCUT2D eigenvalue weighted by atomic mass is 16.8. The van der Waals surface area contributed by atoms with E-state index >= 15 is 0 Å². The number of hydrogen-bond acceptors (Lipinski definition) is 8. The van der Waals surface area contributed by atoms with Gasteiger partial charge in [0.1, 0.15) is 11.7 Å². The molecule has 1 saturated carbocycles. The number of hydrogen-bond donors (Lipinski definition) is 5. The van der Waals surface area contributed by atoms with Gasteiger partial charge in [-0.25, -0.2) is 0 Å². The Kier molecular flexibility index (Phi) is 4.02. The molecule has 1 aliphatic carbocycles. The van der Waals surface area contributed by atoms with Gasteiger partial charge in [-0.1, -0.05) is 6.92 Å². The summed E-state index contributed by atoms with van der Waals surface area (Å²) in [5.41, 5.74) is 10.3. The SMILES string of the molecule is CC[C@@]1(O)C[C@@H](C)O[C@H]2OC3C[C@H](N)[C@H](O)[C@H](N)[C@H]3O[C@]21O. The number of rotatable bonds is 1. The molecule has 0 aromatic rings. The first kappa shape index (κ1) is 16.5. The fourth-order valence-corrected chi connectivity index (χ4v) is 3.80. The van der Waals surface area contributed by atoms with Gasteiger partial charge in [0.15, 0.2) is 0 Å². The van der Waals surface area contributed by atoms with E-state index in [-0.39, 0.29) is 18.9 Å². The van der Waals surface area contributed by atoms with Gasteiger partial charge < -0.3 is 41.0 Å². The molecule has 8 nitrogen and oxygen atoms in total. The van der Waals surface area contributed by atoms with Gasteiger partial charge in [0, 0.05) is 12.5 Å². The quantitative estimate of drug-likeness (QED) is 0.380. The van der Waals surface area contributed by atoms with E-state index in [1.807, 2.05) is 0 Å². The van der Waals surface area contributed by atoms with Crippen LogP contribution in [0.1, 0.15) is 33.1 Å². The Bertz CT molecular complexity index is 440. The molecule has 2 aliphatic heterocycles. The Morgan fingerprint density at radius 2 is 1.91 bits per heavy atom. The van der Waals surface area contributed by atoms with Crippen LogP contribution in [0.2, 0.25) is 0 Å². The lowest BCUT2D eigenvalue weighted by atomic mass is 9.78. The first-order valence-electron chi connectivity index (χ1n) is 7.84. The molecule has 8 heteroatoms. The monoisotopic (exact) mass is 318 g/mol. The van der Waals surface area contributed by atoms with Gasteiger partial charge in [-0.2, -0.15) is 0 Å². The average Bonchev–Trinajstić information content (AvgIpc) is 2.46. The minimum absolute atomic E-state index is 0.217. The molecule has 0 bridgehead atoms. The Morgan fingerprint density at radius 3 is 2.55 bits per heavy atom. The molecule has 2 saturated heterocycles. The van der Waals surface area contributed by atoms with Gasteiger partial charge in [0.2, 0.25) is 12.1 Å². The van der Waals surface area contributed by atoms with Crippen molar-refractivity contribution in [2.24, 2.45) is 11.5 Å². The summed E-state index contributed by atoms with van der Waals surface area (Å²) in [5, 5.41) is 31.8. The first-order valence-corrected chi connectivity index (χ1v) is 7.84. The maximum atomic E-state index is 10.9. The third-order valence-electron chi connectivity index (χ3n) is 5.25. The lowest BCUT2D eigenvalue weighted by Gasteiger charge is -2.58. The molecule has 0 spiro atoms. The second-order valence-corrected chi connectivity index (χ2v) is 6.79. The molecule has 0 radical (unpaired) electrons. The van der Waals surface area contributed by atoms with Crippen LogP contribution in [-0.2, 0) is 14.2 Å². The third kappa shape index (κ3) is 2.22. The lowest BCUT2D eigenvalue weighted by Crippen LogP contribution is -2.77. The zero-order valence-electron chi connectivity index (χ0n) is 12.9. The van der Waals surface area contributed by atoms with Crippen molar-refractivity contribution in [2.45, 2.75) is 87.3 Å². The Hall–Kier alpha value is -0.320. The minimum Gasteiger partial charge on any atom is -0.390 e. The highest BCUT2D eigenvalue weighted by Gasteiger charge is 2.66. The number of fused-ring (bicyclic) bond motifs is 2. The second-order valence-electron chi connectivity index (χ2n) is 6.79. The van der Waals surface area contributed by atoms with Gasteiger partial charge in [-0.3, -0.25) is 0 Å². The molecule has 3 fully saturated rings. The predicted octanol–water partition coefficient (Wildman–Crippen LogP) is -1.85. The number of nitrogens with two attached hydrogens (primary N) is 2. The van der Waals surface area contributed by atoms with E-state index in [9.17, 15) is 15.3 Å². The van der Waals surface area contributed by atoms with Crippen LogP contribution in [0.3, 0.4) is 0 Å². The summed E-state index contributed by atoms with van der Waals surface area (Å²) in [6, 6.07) is -1.34. The van der Waals surface area contributed by atoms with Crippen LogP contribution in [0.4, 0.5) is 0 Å². The average molecular weight is 318 g/mol. The normalized spacial score (nSPS) is 58.8. The van der Waals surface area contributed by atoms with Crippen molar-refractivity contribution in [3.05, 3.63) is 0 Å². The van der Waals surface area contributed by atoms with Gasteiger partial charge >= 0.3 is 0 Å². The molecule has 0 amide bonds. The van der Waals surface area contributed by atoms with Crippen molar-refractivity contribution in [2.75, 3.05) is 0 Å². The van der Waals surface area contributed by atoms with E-state index in [1.54, 1.807) is 13.8 Å². The van der Waals surface area contributed by atoms with Crippen molar-refractivity contribution in [1.29, 1.82) is 0 Å². The van der Waals surface area contributed by atoms with Crippen molar-refractivity contribution in [3.63, 3.8) is 0 Å². The summed E-state index contributed by atoms with van der Waals surface area (Å²) >= 11 is 0. The number of aliphatic hydroxyl groups is 3. The smallest absolute Gasteiger partial charge is 0.248 e. The molecule has 3 aliphatic rings. The van der Waals surface area contributed by atoms with Crippen LogP contribution in [0, 0.1) is 0 Å². The summed E-state index contributed by atoms with van der Waals surface area (Å²) in [6.45, 7) is 3.56. The topological polar surface area (TPSA) is 140 Å². The van der Waals surface area contributed by atoms with Crippen LogP contribution >= 0.6 is 0 Å². The summed E-state index contributed by atoms with van der Waals surface area (Å²) in [7, 11) is 0. The fraction of sp³-hybridized carbons (Fsp3) is 1.00. The standard InChI is InChI=1S/C14H26N2O6/c1-3-13(18)5-6(2)20-12-14(13,19)22-11-8(21-12)4-7(15)10(17)9(11)16/h6-12,17-19H,3-5,15-16H2,1-2H3/t6-,7+,8?,9+,10+,11+,12+,13-,14-/m1/s1. The highest BCUT2D eigenvalue weighted by molar-refractivity contribution is 5.08. The molecular weight excluding hydrogens is 292 g/mol. The summed E-state index contributed by atoms with van der Waals surface area (Å²) < 4.78 is 17.2. The van der Waals surface area contributed by atoms with E-state index < -0.39 is 48.1 Å². The predicted molar refractivity (Wildman–Crippen MR) is 75.5 cm³/mol. The highest BCUT2D eigenvalue weighted by Crippen LogP contribution is 2.47. The maximum Gasteiger partial charge on any atom is 0.248 e.